The molecule has 0 bridgehead atoms. The van der Waals surface area contributed by atoms with Crippen molar-refractivity contribution in [3.05, 3.63) is 81.4 Å². The van der Waals surface area contributed by atoms with Crippen molar-refractivity contribution in [3.8, 4) is 11.1 Å². The Bertz CT molecular complexity index is 1330. The van der Waals surface area contributed by atoms with Gasteiger partial charge >= 0.3 is 41.3 Å². The SMILES string of the molecule is CC(C)(C)c1[c-]c2c(cc1C(C)(C)C)-c1cc(C(C)(C)C)c(C(C)(C)C)cc1C2.CCCC1[C-]=CC(C(C)(C)C)=C1.C[C](C)=[Zr+2].[Cl-].[Cl-]. The van der Waals surface area contributed by atoms with Crippen LogP contribution in [0.2, 0.25) is 0 Å². The van der Waals surface area contributed by atoms with Gasteiger partial charge in [-0.15, -0.1) is 16.7 Å². The molecule has 1 unspecified atom stereocenters. The van der Waals surface area contributed by atoms with Crippen molar-refractivity contribution < 1.29 is 49.0 Å². The van der Waals surface area contributed by atoms with Gasteiger partial charge in [-0.2, -0.15) is 29.3 Å². The molecule has 0 saturated carbocycles. The molecule has 0 nitrogen and oxygen atoms in total. The van der Waals surface area contributed by atoms with E-state index in [9.17, 15) is 0 Å². The van der Waals surface area contributed by atoms with Gasteiger partial charge in [0.15, 0.2) is 0 Å². The van der Waals surface area contributed by atoms with Gasteiger partial charge in [-0.05, 0) is 39.4 Å². The molecule has 0 saturated heterocycles. The van der Waals surface area contributed by atoms with Crippen molar-refractivity contribution in [1.82, 2.24) is 0 Å². The van der Waals surface area contributed by atoms with Gasteiger partial charge in [-0.1, -0.05) is 158 Å². The first-order valence-electron chi connectivity index (χ1n) is 17.3. The molecule has 0 amide bonds. The van der Waals surface area contributed by atoms with Gasteiger partial charge in [0, 0.05) is 0 Å². The summed E-state index contributed by atoms with van der Waals surface area (Å²) in [6.07, 6.45) is 11.4. The minimum Gasteiger partial charge on any atom is -1.00 e. The molecule has 47 heavy (non-hydrogen) atoms. The van der Waals surface area contributed by atoms with Gasteiger partial charge in [-0.25, -0.2) is 6.08 Å². The molecule has 0 aliphatic heterocycles. The van der Waals surface area contributed by atoms with Gasteiger partial charge in [0.1, 0.15) is 0 Å². The molecule has 3 heteroatoms. The van der Waals surface area contributed by atoms with Crippen LogP contribution in [0.15, 0.2) is 35.9 Å². The van der Waals surface area contributed by atoms with Gasteiger partial charge in [0.05, 0.1) is 0 Å². The standard InChI is InChI=1S/C29H41.C12H19.C3H6.2ClH.Zr/c1-26(2,3)22-14-18-13-19-15-23(27(4,5)6)25(29(10,11)12)17-21(19)20(18)16-24(22)28(7,8)9;1-5-6-10-7-8-11(9-10)12(2,3)4;1-3-2;;;/h14,16-17H,13H2,1-12H3;8-10H,5-6H2,1-4H3;1-2H3;2*1H;/q2*-1;;;;+2/p-2. The van der Waals surface area contributed by atoms with Crippen molar-refractivity contribution in [2.45, 2.75) is 166 Å². The first-order valence-corrected chi connectivity index (χ1v) is 18.5. The fourth-order valence-corrected chi connectivity index (χ4v) is 6.08. The zero-order valence-corrected chi connectivity index (χ0v) is 37.3. The van der Waals surface area contributed by atoms with Gasteiger partial charge < -0.3 is 24.8 Å². The Morgan fingerprint density at radius 1 is 0.681 bits per heavy atom. The Balaban J connectivity index is 0.000000982. The van der Waals surface area contributed by atoms with Crippen LogP contribution in [0.1, 0.15) is 171 Å². The van der Waals surface area contributed by atoms with Gasteiger partial charge in [0.2, 0.25) is 0 Å². The van der Waals surface area contributed by atoms with Gasteiger partial charge in [0.25, 0.3) is 0 Å². The normalized spacial score (nSPS) is 15.6. The fourth-order valence-electron chi connectivity index (χ4n) is 6.08. The minimum atomic E-state index is 0. The molecule has 262 valence electrons. The number of hydrogen-bond acceptors (Lipinski definition) is 0. The van der Waals surface area contributed by atoms with E-state index in [0.29, 0.717) is 11.3 Å². The number of fused-ring (bicyclic) bond motifs is 3. The smallest absolute Gasteiger partial charge is 1.00 e. The summed E-state index contributed by atoms with van der Waals surface area (Å²) in [5, 5.41) is 0. The molecule has 0 aromatic heterocycles. The maximum atomic E-state index is 3.90. The predicted molar refractivity (Wildman–Crippen MR) is 198 cm³/mol. The molecule has 4 rings (SSSR count). The van der Waals surface area contributed by atoms with Crippen LogP contribution in [0, 0.1) is 23.5 Å². The molecule has 2 aliphatic rings. The first-order chi connectivity index (χ1) is 20.2. The van der Waals surface area contributed by atoms with E-state index in [-0.39, 0.29) is 46.5 Å². The largest absolute Gasteiger partial charge is 1.00 e. The van der Waals surface area contributed by atoms with Crippen molar-refractivity contribution >= 4 is 3.21 Å². The van der Waals surface area contributed by atoms with Crippen LogP contribution in [0.4, 0.5) is 0 Å². The topological polar surface area (TPSA) is 0 Å². The van der Waals surface area contributed by atoms with Crippen LogP contribution in [0.25, 0.3) is 11.1 Å². The maximum Gasteiger partial charge on any atom is -1.00 e. The Labute approximate surface area is 319 Å². The molecule has 0 spiro atoms. The van der Waals surface area contributed by atoms with E-state index >= 15 is 0 Å². The summed E-state index contributed by atoms with van der Waals surface area (Å²) < 4.78 is 1.51. The summed E-state index contributed by atoms with van der Waals surface area (Å²) in [6, 6.07) is 11.4. The monoisotopic (exact) mass is 754 g/mol. The quantitative estimate of drug-likeness (QED) is 0.254. The second kappa shape index (κ2) is 17.0. The van der Waals surface area contributed by atoms with Crippen LogP contribution < -0.4 is 24.8 Å². The Hall–Kier alpha value is -0.747. The Morgan fingerprint density at radius 3 is 1.51 bits per heavy atom. The molecule has 1 atom stereocenters. The zero-order chi connectivity index (χ0) is 34.9. The van der Waals surface area contributed by atoms with E-state index in [2.05, 4.69) is 167 Å². The van der Waals surface area contributed by atoms with E-state index in [1.54, 1.807) is 24.2 Å². The van der Waals surface area contributed by atoms with E-state index < -0.39 is 0 Å². The van der Waals surface area contributed by atoms with Crippen molar-refractivity contribution in [2.75, 3.05) is 0 Å². The fraction of sp³-hybridized carbons (Fsp3) is 0.614. The van der Waals surface area contributed by atoms with Crippen LogP contribution >= 0.6 is 0 Å². The zero-order valence-electron chi connectivity index (χ0n) is 33.3. The molecule has 2 aromatic carbocycles. The van der Waals surface area contributed by atoms with Crippen molar-refractivity contribution in [1.29, 1.82) is 0 Å². The van der Waals surface area contributed by atoms with Crippen molar-refractivity contribution in [2.24, 2.45) is 11.3 Å². The van der Waals surface area contributed by atoms with E-state index in [4.69, 9.17) is 0 Å². The molecule has 0 fully saturated rings. The third kappa shape index (κ3) is 12.8. The van der Waals surface area contributed by atoms with E-state index in [1.165, 1.54) is 66.1 Å². The summed E-state index contributed by atoms with van der Waals surface area (Å²) >= 11 is 1.55. The number of halogens is 2. The average Bonchev–Trinajstić information content (AvgIpc) is 3.44. The molecular formula is C44H66Cl2Zr-2. The molecule has 2 aliphatic carbocycles. The number of hydrogen-bond donors (Lipinski definition) is 0. The summed E-state index contributed by atoms with van der Waals surface area (Å²) in [5.74, 6) is 0.587. The third-order valence-corrected chi connectivity index (χ3v) is 8.53. The van der Waals surface area contributed by atoms with Crippen LogP contribution in [-0.2, 0) is 52.3 Å². The Kier molecular flexibility index (Phi) is 16.7. The summed E-state index contributed by atoms with van der Waals surface area (Å²) in [6.45, 7) is 41.2. The average molecular weight is 757 g/mol. The molecular weight excluding hydrogens is 691 g/mol. The third-order valence-electron chi connectivity index (χ3n) is 8.53. The first kappa shape index (κ1) is 46.3. The van der Waals surface area contributed by atoms with Crippen molar-refractivity contribution in [3.63, 3.8) is 0 Å². The van der Waals surface area contributed by atoms with Gasteiger partial charge in [-0.3, -0.25) is 6.08 Å². The molecule has 0 radical (unpaired) electrons. The molecule has 2 aromatic rings. The van der Waals surface area contributed by atoms with Crippen LogP contribution in [0.3, 0.4) is 0 Å². The van der Waals surface area contributed by atoms with Crippen LogP contribution in [0.5, 0.6) is 0 Å². The molecule has 0 heterocycles. The Morgan fingerprint density at radius 2 is 1.13 bits per heavy atom. The van der Waals surface area contributed by atoms with E-state index in [0.717, 1.165) is 6.42 Å². The second-order valence-electron chi connectivity index (χ2n) is 18.8. The second-order valence-corrected chi connectivity index (χ2v) is 21.2. The summed E-state index contributed by atoms with van der Waals surface area (Å²) in [7, 11) is 0. The number of benzene rings is 2. The number of rotatable bonds is 2. The summed E-state index contributed by atoms with van der Waals surface area (Å²) in [4.78, 5) is 0. The predicted octanol–water partition coefficient (Wildman–Crippen LogP) is 6.75. The number of allylic oxidation sites excluding steroid dienone is 4. The molecule has 0 N–H and O–H groups in total. The summed E-state index contributed by atoms with van der Waals surface area (Å²) in [5.41, 5.74) is 13.7. The minimum absolute atomic E-state index is 0. The van der Waals surface area contributed by atoms with E-state index in [1.807, 2.05) is 0 Å². The maximum absolute atomic E-state index is 3.90. The van der Waals surface area contributed by atoms with Crippen LogP contribution in [-0.4, -0.2) is 3.21 Å².